The van der Waals surface area contributed by atoms with E-state index in [-0.39, 0.29) is 17.8 Å². The lowest BCUT2D eigenvalue weighted by Gasteiger charge is -2.26. The van der Waals surface area contributed by atoms with E-state index in [4.69, 9.17) is 4.74 Å². The predicted molar refractivity (Wildman–Crippen MR) is 84.7 cm³/mol. The second-order valence-corrected chi connectivity index (χ2v) is 6.67. The van der Waals surface area contributed by atoms with Crippen LogP contribution in [0.4, 0.5) is 0 Å². The van der Waals surface area contributed by atoms with Gasteiger partial charge in [-0.15, -0.1) is 0 Å². The Morgan fingerprint density at radius 3 is 2.52 bits per heavy atom. The molecule has 0 spiro atoms. The zero-order valence-electron chi connectivity index (χ0n) is 13.8. The number of hydrogen-bond acceptors (Lipinski definition) is 4. The monoisotopic (exact) mass is 319 g/mol. The number of methoxy groups -OCH3 is 1. The van der Waals surface area contributed by atoms with Gasteiger partial charge in [0, 0.05) is 12.7 Å². The first-order valence-corrected chi connectivity index (χ1v) is 8.56. The lowest BCUT2D eigenvalue weighted by atomic mass is 9.89. The summed E-state index contributed by atoms with van der Waals surface area (Å²) in [5, 5.41) is 7.12. The lowest BCUT2D eigenvalue weighted by Crippen LogP contribution is -2.48. The van der Waals surface area contributed by atoms with Gasteiger partial charge >= 0.3 is 5.97 Å². The summed E-state index contributed by atoms with van der Waals surface area (Å²) < 4.78 is 6.66. The van der Waals surface area contributed by atoms with Crippen molar-refractivity contribution in [3.63, 3.8) is 0 Å². The van der Waals surface area contributed by atoms with Crippen molar-refractivity contribution in [2.45, 2.75) is 51.6 Å². The lowest BCUT2D eigenvalue weighted by molar-refractivity contribution is -0.145. The third-order valence-electron chi connectivity index (χ3n) is 4.84. The second kappa shape index (κ2) is 6.72. The van der Waals surface area contributed by atoms with Crippen molar-refractivity contribution in [3.05, 3.63) is 18.0 Å². The first kappa shape index (κ1) is 16.0. The van der Waals surface area contributed by atoms with Gasteiger partial charge in [-0.3, -0.25) is 9.48 Å². The molecule has 1 amide bonds. The van der Waals surface area contributed by atoms with Gasteiger partial charge in [0.2, 0.25) is 0 Å². The molecule has 0 unspecified atom stereocenters. The van der Waals surface area contributed by atoms with Crippen LogP contribution in [0.2, 0.25) is 0 Å². The summed E-state index contributed by atoms with van der Waals surface area (Å²) in [4.78, 5) is 24.9. The minimum Gasteiger partial charge on any atom is -0.467 e. The van der Waals surface area contributed by atoms with E-state index in [0.29, 0.717) is 24.1 Å². The molecule has 23 heavy (non-hydrogen) atoms. The van der Waals surface area contributed by atoms with E-state index in [1.165, 1.54) is 7.11 Å². The van der Waals surface area contributed by atoms with Crippen LogP contribution in [-0.4, -0.2) is 34.8 Å². The van der Waals surface area contributed by atoms with Crippen molar-refractivity contribution in [1.82, 2.24) is 15.1 Å². The smallest absolute Gasteiger partial charge is 0.328 e. The summed E-state index contributed by atoms with van der Waals surface area (Å²) in [5.74, 6) is 0.746. The number of carbonyl (C=O) groups excluding carboxylic acids is 2. The summed E-state index contributed by atoms with van der Waals surface area (Å²) in [6.45, 7) is 2.73. The largest absolute Gasteiger partial charge is 0.467 e. The fourth-order valence-electron chi connectivity index (χ4n) is 3.46. The quantitative estimate of drug-likeness (QED) is 0.744. The van der Waals surface area contributed by atoms with Gasteiger partial charge in [-0.25, -0.2) is 4.79 Å². The minimum absolute atomic E-state index is 0.217. The number of ether oxygens (including phenoxy) is 1. The van der Waals surface area contributed by atoms with Gasteiger partial charge in [0.15, 0.2) is 0 Å². The van der Waals surface area contributed by atoms with E-state index in [0.717, 1.165) is 32.1 Å². The van der Waals surface area contributed by atoms with Gasteiger partial charge in [-0.05, 0) is 55.9 Å². The van der Waals surface area contributed by atoms with Crippen molar-refractivity contribution < 1.29 is 14.3 Å². The number of hydrogen-bond donors (Lipinski definition) is 1. The third-order valence-corrected chi connectivity index (χ3v) is 4.84. The summed E-state index contributed by atoms with van der Waals surface area (Å²) >= 11 is 0. The molecule has 0 aliphatic heterocycles. The molecule has 3 rings (SSSR count). The molecular weight excluding hydrogens is 294 g/mol. The molecule has 0 radical (unpaired) electrons. The van der Waals surface area contributed by atoms with Crippen molar-refractivity contribution in [2.75, 3.05) is 7.11 Å². The molecule has 6 heteroatoms. The van der Waals surface area contributed by atoms with Gasteiger partial charge in [-0.2, -0.15) is 5.10 Å². The van der Waals surface area contributed by atoms with E-state index in [1.54, 1.807) is 16.9 Å². The van der Waals surface area contributed by atoms with Crippen LogP contribution in [0.3, 0.4) is 0 Å². The van der Waals surface area contributed by atoms with Crippen LogP contribution in [0.15, 0.2) is 12.3 Å². The molecule has 1 heterocycles. The second-order valence-electron chi connectivity index (χ2n) is 6.67. The molecule has 1 N–H and O–H groups in total. The normalized spacial score (nSPS) is 18.7. The van der Waals surface area contributed by atoms with E-state index in [1.807, 2.05) is 6.92 Å². The Labute approximate surface area is 136 Å². The van der Waals surface area contributed by atoms with Gasteiger partial charge in [-0.1, -0.05) is 6.92 Å². The fourth-order valence-corrected chi connectivity index (χ4v) is 3.46. The van der Waals surface area contributed by atoms with Crippen molar-refractivity contribution in [3.8, 4) is 0 Å². The zero-order chi connectivity index (χ0) is 16.4. The molecule has 6 nitrogen and oxygen atoms in total. The summed E-state index contributed by atoms with van der Waals surface area (Å²) in [5.41, 5.74) is 0.506. The van der Waals surface area contributed by atoms with Crippen molar-refractivity contribution in [1.29, 1.82) is 0 Å². The Hall–Kier alpha value is -1.85. The zero-order valence-corrected chi connectivity index (χ0v) is 13.8. The maximum atomic E-state index is 12.6. The number of rotatable bonds is 8. The standard InChI is InChI=1S/C17H25N3O3/c1-3-10-20-13(8-9-18-20)16(21)19-15(17(22)23-2)14(11-4-5-11)12-6-7-12/h8-9,11-12,14-15H,3-7,10H2,1-2H3,(H,19,21)/t15-/m0/s1. The number of amides is 1. The fraction of sp³-hybridized carbons (Fsp3) is 0.706. The highest BCUT2D eigenvalue weighted by Crippen LogP contribution is 2.50. The topological polar surface area (TPSA) is 73.2 Å². The number of esters is 1. The first-order valence-electron chi connectivity index (χ1n) is 8.56. The minimum atomic E-state index is -0.544. The Morgan fingerprint density at radius 1 is 1.35 bits per heavy atom. The molecule has 0 saturated heterocycles. The Bertz CT molecular complexity index is 563. The highest BCUT2D eigenvalue weighted by atomic mass is 16.5. The summed E-state index contributed by atoms with van der Waals surface area (Å²) in [7, 11) is 1.39. The highest BCUT2D eigenvalue weighted by Gasteiger charge is 2.48. The van der Waals surface area contributed by atoms with Crippen molar-refractivity contribution >= 4 is 11.9 Å². The van der Waals surface area contributed by atoms with Crippen LogP contribution in [-0.2, 0) is 16.1 Å². The number of carbonyl (C=O) groups is 2. The molecule has 2 saturated carbocycles. The molecule has 2 aliphatic carbocycles. The SMILES string of the molecule is CCCn1nccc1C(=O)N[C@H](C(=O)OC)C(C1CC1)C1CC1. The molecule has 1 aromatic rings. The summed E-state index contributed by atoms with van der Waals surface area (Å²) in [6, 6.07) is 1.15. The molecule has 2 fully saturated rings. The molecule has 0 aromatic carbocycles. The van der Waals surface area contributed by atoms with Crippen LogP contribution in [0, 0.1) is 17.8 Å². The predicted octanol–water partition coefficient (Wildman–Crippen LogP) is 2.00. The number of nitrogens with one attached hydrogen (secondary N) is 1. The van der Waals surface area contributed by atoms with E-state index in [9.17, 15) is 9.59 Å². The average molecular weight is 319 g/mol. The first-order chi connectivity index (χ1) is 11.2. The van der Waals surface area contributed by atoms with Crippen LogP contribution >= 0.6 is 0 Å². The van der Waals surface area contributed by atoms with Crippen LogP contribution in [0.1, 0.15) is 49.5 Å². The van der Waals surface area contributed by atoms with Crippen LogP contribution in [0.25, 0.3) is 0 Å². The Kier molecular flexibility index (Phi) is 4.68. The molecule has 1 atom stereocenters. The average Bonchev–Trinajstić information content (AvgIpc) is 3.47. The molecule has 126 valence electrons. The van der Waals surface area contributed by atoms with Crippen molar-refractivity contribution in [2.24, 2.45) is 17.8 Å². The van der Waals surface area contributed by atoms with E-state index < -0.39 is 6.04 Å². The number of nitrogens with zero attached hydrogens (tertiary/aromatic N) is 2. The molecule has 1 aromatic heterocycles. The van der Waals surface area contributed by atoms with Gasteiger partial charge in [0.1, 0.15) is 11.7 Å². The maximum Gasteiger partial charge on any atom is 0.328 e. The summed E-state index contributed by atoms with van der Waals surface area (Å²) in [6.07, 6.45) is 7.12. The van der Waals surface area contributed by atoms with Gasteiger partial charge in [0.05, 0.1) is 7.11 Å². The van der Waals surface area contributed by atoms with E-state index in [2.05, 4.69) is 10.4 Å². The maximum absolute atomic E-state index is 12.6. The molecule has 2 aliphatic rings. The van der Waals surface area contributed by atoms with Gasteiger partial charge in [0.25, 0.3) is 5.91 Å². The Morgan fingerprint density at radius 2 is 2.00 bits per heavy atom. The Balaban J connectivity index is 1.76. The highest BCUT2D eigenvalue weighted by molar-refractivity contribution is 5.95. The molecular formula is C17H25N3O3. The van der Waals surface area contributed by atoms with E-state index >= 15 is 0 Å². The third kappa shape index (κ3) is 3.57. The van der Waals surface area contributed by atoms with Crippen LogP contribution < -0.4 is 5.32 Å². The number of aryl methyl sites for hydroxylation is 1. The van der Waals surface area contributed by atoms with Crippen LogP contribution in [0.5, 0.6) is 0 Å². The molecule has 0 bridgehead atoms. The van der Waals surface area contributed by atoms with Gasteiger partial charge < -0.3 is 10.1 Å². The number of aromatic nitrogens is 2.